The Balaban J connectivity index is 1.74. The van der Waals surface area contributed by atoms with E-state index in [0.29, 0.717) is 12.2 Å². The minimum atomic E-state index is -3.30. The standard InChI is InChI=1S/C18H21N3O3S/c1-25(22,23)17-9-5-2-6-13(17)12-20-18(19)21-15-10-11-24-16-8-4-3-7-14(15)16/h2-9,15H,10-12H2,1H3,(H3,19,20,21). The second kappa shape index (κ2) is 7.14. The third-order valence-electron chi connectivity index (χ3n) is 4.07. The number of fused-ring (bicyclic) bond motifs is 1. The van der Waals surface area contributed by atoms with Gasteiger partial charge in [-0.1, -0.05) is 36.4 Å². The van der Waals surface area contributed by atoms with Crippen LogP contribution in [0, 0.1) is 0 Å². The Morgan fingerprint density at radius 2 is 1.96 bits per heavy atom. The van der Waals surface area contributed by atoms with E-state index in [4.69, 9.17) is 10.5 Å². The Kier molecular flexibility index (Phi) is 4.94. The van der Waals surface area contributed by atoms with Crippen molar-refractivity contribution in [2.24, 2.45) is 10.7 Å². The Labute approximate surface area is 147 Å². The van der Waals surface area contributed by atoms with Crippen LogP contribution in [0.5, 0.6) is 5.75 Å². The van der Waals surface area contributed by atoms with E-state index in [0.717, 1.165) is 17.7 Å². The number of aliphatic imine (C=N–C) groups is 1. The van der Waals surface area contributed by atoms with Gasteiger partial charge in [0.2, 0.25) is 0 Å². The van der Waals surface area contributed by atoms with Gasteiger partial charge >= 0.3 is 0 Å². The molecule has 0 radical (unpaired) electrons. The summed E-state index contributed by atoms with van der Waals surface area (Å²) in [5.41, 5.74) is 7.69. The van der Waals surface area contributed by atoms with Gasteiger partial charge in [0.1, 0.15) is 5.75 Å². The minimum Gasteiger partial charge on any atom is -0.493 e. The topological polar surface area (TPSA) is 93.8 Å². The highest BCUT2D eigenvalue weighted by molar-refractivity contribution is 7.90. The summed E-state index contributed by atoms with van der Waals surface area (Å²) in [6.45, 7) is 0.811. The molecule has 1 unspecified atom stereocenters. The lowest BCUT2D eigenvalue weighted by Crippen LogP contribution is -2.37. The van der Waals surface area contributed by atoms with Gasteiger partial charge in [0.05, 0.1) is 24.1 Å². The fourth-order valence-corrected chi connectivity index (χ4v) is 3.82. The molecule has 1 heterocycles. The highest BCUT2D eigenvalue weighted by Crippen LogP contribution is 2.31. The number of rotatable bonds is 4. The quantitative estimate of drug-likeness (QED) is 0.643. The Morgan fingerprint density at radius 1 is 1.24 bits per heavy atom. The number of nitrogens with zero attached hydrogens (tertiary/aromatic N) is 1. The van der Waals surface area contributed by atoms with Crippen molar-refractivity contribution >= 4 is 15.8 Å². The van der Waals surface area contributed by atoms with E-state index in [9.17, 15) is 8.42 Å². The summed E-state index contributed by atoms with van der Waals surface area (Å²) in [5, 5.41) is 3.20. The first-order chi connectivity index (χ1) is 11.9. The lowest BCUT2D eigenvalue weighted by molar-refractivity contribution is 0.262. The summed E-state index contributed by atoms with van der Waals surface area (Å²) in [6, 6.07) is 14.7. The first-order valence-electron chi connectivity index (χ1n) is 8.01. The highest BCUT2D eigenvalue weighted by atomic mass is 32.2. The maximum Gasteiger partial charge on any atom is 0.189 e. The minimum absolute atomic E-state index is 0.0267. The van der Waals surface area contributed by atoms with Crippen LogP contribution in [-0.4, -0.2) is 27.2 Å². The van der Waals surface area contributed by atoms with Crippen molar-refractivity contribution in [3.8, 4) is 5.75 Å². The second-order valence-electron chi connectivity index (χ2n) is 5.95. The van der Waals surface area contributed by atoms with Crippen molar-refractivity contribution in [2.75, 3.05) is 12.9 Å². The molecule has 1 aliphatic heterocycles. The molecule has 1 aliphatic rings. The summed E-state index contributed by atoms with van der Waals surface area (Å²) in [6.07, 6.45) is 1.98. The van der Waals surface area contributed by atoms with Crippen LogP contribution in [0.4, 0.5) is 0 Å². The number of ether oxygens (including phenoxy) is 1. The summed E-state index contributed by atoms with van der Waals surface area (Å²) >= 11 is 0. The van der Waals surface area contributed by atoms with E-state index in [1.807, 2.05) is 24.3 Å². The Hall–Kier alpha value is -2.54. The molecule has 6 nitrogen and oxygen atoms in total. The van der Waals surface area contributed by atoms with E-state index in [1.54, 1.807) is 24.3 Å². The average molecular weight is 359 g/mol. The van der Waals surface area contributed by atoms with Crippen molar-refractivity contribution in [3.63, 3.8) is 0 Å². The van der Waals surface area contributed by atoms with Crippen molar-refractivity contribution in [3.05, 3.63) is 59.7 Å². The third kappa shape index (κ3) is 4.11. The van der Waals surface area contributed by atoms with Gasteiger partial charge in [0, 0.05) is 18.2 Å². The van der Waals surface area contributed by atoms with Crippen LogP contribution in [0.3, 0.4) is 0 Å². The van der Waals surface area contributed by atoms with E-state index < -0.39 is 9.84 Å². The fraction of sp³-hybridized carbons (Fsp3) is 0.278. The summed E-state index contributed by atoms with van der Waals surface area (Å²) in [4.78, 5) is 4.59. The Bertz CT molecular complexity index is 894. The molecule has 1 atom stereocenters. The lowest BCUT2D eigenvalue weighted by atomic mass is 10.0. The number of nitrogens with one attached hydrogen (secondary N) is 1. The van der Waals surface area contributed by atoms with Crippen LogP contribution in [-0.2, 0) is 16.4 Å². The maximum absolute atomic E-state index is 11.8. The SMILES string of the molecule is CS(=O)(=O)c1ccccc1CN=C(N)NC1CCOc2ccccc21. The second-order valence-corrected chi connectivity index (χ2v) is 7.94. The molecule has 2 aromatic carbocycles. The fourth-order valence-electron chi connectivity index (χ4n) is 2.88. The normalized spacial score (nSPS) is 17.5. The molecule has 0 bridgehead atoms. The van der Waals surface area contributed by atoms with Crippen LogP contribution in [0.2, 0.25) is 0 Å². The van der Waals surface area contributed by atoms with Crippen LogP contribution >= 0.6 is 0 Å². The van der Waals surface area contributed by atoms with Crippen molar-refractivity contribution < 1.29 is 13.2 Å². The number of nitrogens with two attached hydrogens (primary N) is 1. The number of guanidine groups is 1. The Morgan fingerprint density at radius 3 is 2.76 bits per heavy atom. The predicted molar refractivity (Wildman–Crippen MR) is 97.3 cm³/mol. The maximum atomic E-state index is 11.8. The van der Waals surface area contributed by atoms with E-state index >= 15 is 0 Å². The van der Waals surface area contributed by atoms with E-state index in [2.05, 4.69) is 10.3 Å². The molecule has 0 aliphatic carbocycles. The summed E-state index contributed by atoms with van der Waals surface area (Å²) in [5.74, 6) is 1.13. The van der Waals surface area contributed by atoms with E-state index in [-0.39, 0.29) is 23.4 Å². The van der Waals surface area contributed by atoms with Crippen LogP contribution in [0.15, 0.2) is 58.4 Å². The molecular formula is C18H21N3O3S. The largest absolute Gasteiger partial charge is 0.493 e. The van der Waals surface area contributed by atoms with Gasteiger partial charge in [0.15, 0.2) is 15.8 Å². The molecule has 0 amide bonds. The number of hydrogen-bond donors (Lipinski definition) is 2. The summed E-state index contributed by atoms with van der Waals surface area (Å²) in [7, 11) is -3.30. The van der Waals surface area contributed by atoms with Gasteiger partial charge < -0.3 is 15.8 Å². The van der Waals surface area contributed by atoms with Gasteiger partial charge in [-0.25, -0.2) is 13.4 Å². The highest BCUT2D eigenvalue weighted by Gasteiger charge is 2.21. The molecule has 0 spiro atoms. The van der Waals surface area contributed by atoms with Gasteiger partial charge in [-0.2, -0.15) is 0 Å². The third-order valence-corrected chi connectivity index (χ3v) is 5.27. The molecule has 25 heavy (non-hydrogen) atoms. The molecule has 0 saturated carbocycles. The molecular weight excluding hydrogens is 338 g/mol. The number of sulfone groups is 1. The predicted octanol–water partition coefficient (Wildman–Crippen LogP) is 2.02. The van der Waals surface area contributed by atoms with Crippen molar-refractivity contribution in [2.45, 2.75) is 23.9 Å². The monoisotopic (exact) mass is 359 g/mol. The smallest absolute Gasteiger partial charge is 0.189 e. The molecule has 2 aromatic rings. The first kappa shape index (κ1) is 17.3. The van der Waals surface area contributed by atoms with Crippen LogP contribution < -0.4 is 15.8 Å². The molecule has 3 rings (SSSR count). The van der Waals surface area contributed by atoms with Crippen molar-refractivity contribution in [1.29, 1.82) is 0 Å². The number of hydrogen-bond acceptors (Lipinski definition) is 4. The van der Waals surface area contributed by atoms with Gasteiger partial charge in [-0.05, 0) is 17.7 Å². The average Bonchev–Trinajstić information content (AvgIpc) is 2.60. The zero-order valence-corrected chi connectivity index (χ0v) is 14.8. The number of para-hydroxylation sites is 1. The van der Waals surface area contributed by atoms with Crippen molar-refractivity contribution in [1.82, 2.24) is 5.32 Å². The zero-order chi connectivity index (χ0) is 17.9. The van der Waals surface area contributed by atoms with Gasteiger partial charge in [0.25, 0.3) is 0 Å². The van der Waals surface area contributed by atoms with Gasteiger partial charge in [-0.15, -0.1) is 0 Å². The molecule has 0 saturated heterocycles. The molecule has 0 aromatic heterocycles. The van der Waals surface area contributed by atoms with E-state index in [1.165, 1.54) is 6.26 Å². The number of benzene rings is 2. The first-order valence-corrected chi connectivity index (χ1v) is 9.90. The molecule has 132 valence electrons. The van der Waals surface area contributed by atoms with Crippen LogP contribution in [0.25, 0.3) is 0 Å². The lowest BCUT2D eigenvalue weighted by Gasteiger charge is -2.26. The molecule has 3 N–H and O–H groups in total. The zero-order valence-electron chi connectivity index (χ0n) is 14.0. The van der Waals surface area contributed by atoms with Crippen LogP contribution in [0.1, 0.15) is 23.6 Å². The summed E-state index contributed by atoms with van der Waals surface area (Å²) < 4.78 is 29.3. The van der Waals surface area contributed by atoms with Gasteiger partial charge in [-0.3, -0.25) is 0 Å². The molecule has 0 fully saturated rings. The molecule has 7 heteroatoms.